The average molecular weight is 261 g/mol. The maximum Gasteiger partial charge on any atom is 0.126 e. The van der Waals surface area contributed by atoms with E-state index in [-0.39, 0.29) is 12.5 Å². The van der Waals surface area contributed by atoms with E-state index in [1.54, 1.807) is 0 Å². The predicted octanol–water partition coefficient (Wildman–Crippen LogP) is 3.56. The zero-order valence-electron chi connectivity index (χ0n) is 10.9. The summed E-state index contributed by atoms with van der Waals surface area (Å²) in [7, 11) is 0. The van der Waals surface area contributed by atoms with Crippen molar-refractivity contribution in [1.29, 1.82) is 0 Å². The van der Waals surface area contributed by atoms with E-state index in [0.717, 1.165) is 17.7 Å². The molecule has 0 fully saturated rings. The zero-order chi connectivity index (χ0) is 13.8. The Kier molecular flexibility index (Phi) is 4.27. The van der Waals surface area contributed by atoms with Gasteiger partial charge >= 0.3 is 0 Å². The Bertz CT molecular complexity index is 549. The SMILES string of the molecule is Cc1ccc(CC(CN)c2cc(F)ccc2F)cc1. The Balaban J connectivity index is 2.24. The molecule has 2 aromatic rings. The van der Waals surface area contributed by atoms with Crippen LogP contribution in [0.1, 0.15) is 22.6 Å². The van der Waals surface area contributed by atoms with Gasteiger partial charge in [-0.05, 0) is 49.2 Å². The lowest BCUT2D eigenvalue weighted by Crippen LogP contribution is -2.16. The highest BCUT2D eigenvalue weighted by molar-refractivity contribution is 5.28. The molecule has 2 rings (SSSR count). The van der Waals surface area contributed by atoms with E-state index in [9.17, 15) is 8.78 Å². The van der Waals surface area contributed by atoms with Crippen molar-refractivity contribution in [3.8, 4) is 0 Å². The van der Waals surface area contributed by atoms with Crippen molar-refractivity contribution in [2.24, 2.45) is 5.73 Å². The molecule has 0 saturated carbocycles. The normalized spacial score (nSPS) is 12.4. The summed E-state index contributed by atoms with van der Waals surface area (Å²) in [6, 6.07) is 11.5. The Morgan fingerprint density at radius 1 is 1.05 bits per heavy atom. The first-order chi connectivity index (χ1) is 9.10. The molecule has 1 nitrogen and oxygen atoms in total. The molecular weight excluding hydrogens is 244 g/mol. The van der Waals surface area contributed by atoms with E-state index in [0.29, 0.717) is 12.0 Å². The molecule has 0 spiro atoms. The summed E-state index contributed by atoms with van der Waals surface area (Å²) < 4.78 is 27.0. The van der Waals surface area contributed by atoms with Crippen molar-refractivity contribution in [1.82, 2.24) is 0 Å². The zero-order valence-corrected chi connectivity index (χ0v) is 10.9. The molecule has 0 radical (unpaired) electrons. The van der Waals surface area contributed by atoms with Crippen molar-refractivity contribution in [3.05, 3.63) is 70.8 Å². The second-order valence-electron chi connectivity index (χ2n) is 4.79. The standard InChI is InChI=1S/C16H17F2N/c1-11-2-4-12(5-3-11)8-13(10-19)15-9-14(17)6-7-16(15)18/h2-7,9,13H,8,10,19H2,1H3. The summed E-state index contributed by atoms with van der Waals surface area (Å²) in [5.41, 5.74) is 8.31. The third kappa shape index (κ3) is 3.38. The van der Waals surface area contributed by atoms with E-state index in [1.807, 2.05) is 31.2 Å². The van der Waals surface area contributed by atoms with E-state index < -0.39 is 11.6 Å². The fraction of sp³-hybridized carbons (Fsp3) is 0.250. The van der Waals surface area contributed by atoms with Gasteiger partial charge < -0.3 is 5.73 Å². The van der Waals surface area contributed by atoms with Crippen molar-refractivity contribution in [3.63, 3.8) is 0 Å². The summed E-state index contributed by atoms with van der Waals surface area (Å²) in [6.45, 7) is 2.30. The molecule has 100 valence electrons. The number of nitrogens with two attached hydrogens (primary N) is 1. The van der Waals surface area contributed by atoms with Gasteiger partial charge in [0, 0.05) is 5.92 Å². The summed E-state index contributed by atoms with van der Waals surface area (Å²) >= 11 is 0. The van der Waals surface area contributed by atoms with Gasteiger partial charge in [-0.2, -0.15) is 0 Å². The average Bonchev–Trinajstić information content (AvgIpc) is 2.41. The van der Waals surface area contributed by atoms with Gasteiger partial charge in [-0.25, -0.2) is 8.78 Å². The fourth-order valence-corrected chi connectivity index (χ4v) is 2.16. The molecule has 1 atom stereocenters. The van der Waals surface area contributed by atoms with Gasteiger partial charge in [-0.1, -0.05) is 29.8 Å². The van der Waals surface area contributed by atoms with E-state index in [4.69, 9.17) is 5.73 Å². The van der Waals surface area contributed by atoms with E-state index in [2.05, 4.69) is 0 Å². The first kappa shape index (κ1) is 13.7. The van der Waals surface area contributed by atoms with Gasteiger partial charge in [0.1, 0.15) is 11.6 Å². The van der Waals surface area contributed by atoms with Gasteiger partial charge in [0.2, 0.25) is 0 Å². The van der Waals surface area contributed by atoms with Crippen molar-refractivity contribution < 1.29 is 8.78 Å². The minimum Gasteiger partial charge on any atom is -0.330 e. The number of rotatable bonds is 4. The fourth-order valence-electron chi connectivity index (χ4n) is 2.16. The van der Waals surface area contributed by atoms with Crippen LogP contribution in [-0.2, 0) is 6.42 Å². The van der Waals surface area contributed by atoms with Crippen LogP contribution in [0.25, 0.3) is 0 Å². The predicted molar refractivity (Wildman–Crippen MR) is 73.0 cm³/mol. The van der Waals surface area contributed by atoms with Gasteiger partial charge in [0.25, 0.3) is 0 Å². The lowest BCUT2D eigenvalue weighted by Gasteiger charge is -2.16. The van der Waals surface area contributed by atoms with Gasteiger partial charge in [0.15, 0.2) is 0 Å². The second kappa shape index (κ2) is 5.93. The summed E-state index contributed by atoms with van der Waals surface area (Å²) in [6.07, 6.45) is 0.608. The number of hydrogen-bond donors (Lipinski definition) is 1. The van der Waals surface area contributed by atoms with Crippen LogP contribution in [0, 0.1) is 18.6 Å². The van der Waals surface area contributed by atoms with Gasteiger partial charge in [-0.15, -0.1) is 0 Å². The van der Waals surface area contributed by atoms with Crippen LogP contribution in [0.5, 0.6) is 0 Å². The molecule has 19 heavy (non-hydrogen) atoms. The van der Waals surface area contributed by atoms with Crippen molar-refractivity contribution in [2.75, 3.05) is 6.54 Å². The summed E-state index contributed by atoms with van der Waals surface area (Å²) in [5, 5.41) is 0. The summed E-state index contributed by atoms with van der Waals surface area (Å²) in [4.78, 5) is 0. The van der Waals surface area contributed by atoms with Gasteiger partial charge in [0.05, 0.1) is 0 Å². The number of aryl methyl sites for hydroxylation is 1. The molecular formula is C16H17F2N. The second-order valence-corrected chi connectivity index (χ2v) is 4.79. The lowest BCUT2D eigenvalue weighted by atomic mass is 9.91. The van der Waals surface area contributed by atoms with E-state index >= 15 is 0 Å². The molecule has 0 heterocycles. The highest BCUT2D eigenvalue weighted by Gasteiger charge is 2.16. The molecule has 0 aliphatic rings. The molecule has 0 aliphatic heterocycles. The van der Waals surface area contributed by atoms with Crippen LogP contribution in [0.2, 0.25) is 0 Å². The molecule has 1 unspecified atom stereocenters. The van der Waals surface area contributed by atoms with E-state index in [1.165, 1.54) is 11.6 Å². The van der Waals surface area contributed by atoms with Gasteiger partial charge in [-0.3, -0.25) is 0 Å². The quantitative estimate of drug-likeness (QED) is 0.894. The third-order valence-corrected chi connectivity index (χ3v) is 3.29. The monoisotopic (exact) mass is 261 g/mol. The minimum atomic E-state index is -0.432. The molecule has 0 aromatic heterocycles. The molecule has 0 amide bonds. The van der Waals surface area contributed by atoms with Crippen LogP contribution < -0.4 is 5.73 Å². The largest absolute Gasteiger partial charge is 0.330 e. The first-order valence-electron chi connectivity index (χ1n) is 6.30. The van der Waals surface area contributed by atoms with Crippen LogP contribution in [0.3, 0.4) is 0 Å². The topological polar surface area (TPSA) is 26.0 Å². The Hall–Kier alpha value is -1.74. The molecule has 0 bridgehead atoms. The Labute approximate surface area is 112 Å². The molecule has 3 heteroatoms. The third-order valence-electron chi connectivity index (χ3n) is 3.29. The van der Waals surface area contributed by atoms with Crippen LogP contribution in [0.15, 0.2) is 42.5 Å². The highest BCUT2D eigenvalue weighted by Crippen LogP contribution is 2.23. The molecule has 0 saturated heterocycles. The minimum absolute atomic E-state index is 0.210. The molecule has 2 N–H and O–H groups in total. The first-order valence-corrected chi connectivity index (χ1v) is 6.30. The number of hydrogen-bond acceptors (Lipinski definition) is 1. The van der Waals surface area contributed by atoms with Crippen molar-refractivity contribution >= 4 is 0 Å². The molecule has 0 aliphatic carbocycles. The number of benzene rings is 2. The maximum atomic E-state index is 13.8. The lowest BCUT2D eigenvalue weighted by molar-refractivity contribution is 0.557. The smallest absolute Gasteiger partial charge is 0.126 e. The number of halogens is 2. The van der Waals surface area contributed by atoms with Crippen LogP contribution >= 0.6 is 0 Å². The Morgan fingerprint density at radius 2 is 1.74 bits per heavy atom. The highest BCUT2D eigenvalue weighted by atomic mass is 19.1. The van der Waals surface area contributed by atoms with Crippen LogP contribution in [-0.4, -0.2) is 6.54 Å². The maximum absolute atomic E-state index is 13.8. The summed E-state index contributed by atoms with van der Waals surface area (Å²) in [5.74, 6) is -1.04. The van der Waals surface area contributed by atoms with Crippen LogP contribution in [0.4, 0.5) is 8.78 Å². The Morgan fingerprint density at radius 3 is 2.37 bits per heavy atom. The molecule has 2 aromatic carbocycles. The van der Waals surface area contributed by atoms with Crippen molar-refractivity contribution in [2.45, 2.75) is 19.3 Å².